The summed E-state index contributed by atoms with van der Waals surface area (Å²) in [6, 6.07) is 1.30. The minimum atomic E-state index is -0.292. The van der Waals surface area contributed by atoms with E-state index < -0.39 is 0 Å². The van der Waals surface area contributed by atoms with Crippen molar-refractivity contribution in [3.8, 4) is 0 Å². The van der Waals surface area contributed by atoms with Crippen molar-refractivity contribution < 1.29 is 4.79 Å². The van der Waals surface area contributed by atoms with Crippen molar-refractivity contribution in [2.24, 2.45) is 5.92 Å². The molecule has 8 heteroatoms. The second-order valence-corrected chi connectivity index (χ2v) is 9.42. The average Bonchev–Trinajstić information content (AvgIpc) is 3.01. The van der Waals surface area contributed by atoms with E-state index in [0.717, 1.165) is 19.3 Å². The molecule has 3 rings (SSSR count). The van der Waals surface area contributed by atoms with Crippen molar-refractivity contribution in [3.63, 3.8) is 0 Å². The van der Waals surface area contributed by atoms with E-state index in [1.54, 1.807) is 6.20 Å². The number of nitrogens with zero attached hydrogens (tertiary/aromatic N) is 3. The van der Waals surface area contributed by atoms with E-state index in [9.17, 15) is 9.59 Å². The zero-order valence-electron chi connectivity index (χ0n) is 17.5. The molecule has 1 amide bonds. The van der Waals surface area contributed by atoms with E-state index in [0.29, 0.717) is 40.2 Å². The number of aromatic nitrogens is 2. The molecule has 0 radical (unpaired) electrons. The molecule has 3 heterocycles. The zero-order valence-corrected chi connectivity index (χ0v) is 19.0. The Morgan fingerprint density at radius 2 is 2.07 bits per heavy atom. The first-order valence-electron chi connectivity index (χ1n) is 10.3. The third-order valence-electron chi connectivity index (χ3n) is 6.61. The molecule has 2 N–H and O–H groups in total. The highest BCUT2D eigenvalue weighted by Crippen LogP contribution is 2.51. The van der Waals surface area contributed by atoms with Crippen molar-refractivity contribution in [2.45, 2.75) is 84.1 Å². The number of anilines is 1. The number of fused-ring (bicyclic) bond motifs is 1. The van der Waals surface area contributed by atoms with E-state index in [1.807, 2.05) is 0 Å². The second kappa shape index (κ2) is 8.14. The van der Waals surface area contributed by atoms with Gasteiger partial charge in [-0.2, -0.15) is 5.10 Å². The Labute approximate surface area is 175 Å². The molecule has 0 bridgehead atoms. The molecule has 2 fully saturated rings. The van der Waals surface area contributed by atoms with Gasteiger partial charge in [0.05, 0.1) is 11.9 Å². The lowest BCUT2D eigenvalue weighted by Gasteiger charge is -2.26. The Morgan fingerprint density at radius 3 is 2.64 bits per heavy atom. The Balaban J connectivity index is 1.61. The SMILES string of the molecule is CCC(CC)CNC(=O)Cn1ncc(N[C@@H]2C[C@@H]3N(C2C)C3(C)C)c(Br)c1=O. The second-order valence-electron chi connectivity index (χ2n) is 8.63. The first-order valence-corrected chi connectivity index (χ1v) is 11.1. The molecule has 4 atom stereocenters. The van der Waals surface area contributed by atoms with Gasteiger partial charge in [-0.1, -0.05) is 26.7 Å². The maximum atomic E-state index is 12.6. The Kier molecular flexibility index (Phi) is 6.20. The van der Waals surface area contributed by atoms with Gasteiger partial charge >= 0.3 is 0 Å². The summed E-state index contributed by atoms with van der Waals surface area (Å²) < 4.78 is 1.64. The molecule has 1 aromatic rings. The van der Waals surface area contributed by atoms with E-state index in [-0.39, 0.29) is 24.1 Å². The van der Waals surface area contributed by atoms with Gasteiger partial charge in [0.1, 0.15) is 11.0 Å². The maximum absolute atomic E-state index is 12.6. The van der Waals surface area contributed by atoms with Crippen LogP contribution in [0.15, 0.2) is 15.5 Å². The Morgan fingerprint density at radius 1 is 1.39 bits per heavy atom. The van der Waals surface area contributed by atoms with Crippen molar-refractivity contribution in [3.05, 3.63) is 21.0 Å². The molecular weight excluding hydrogens is 422 g/mol. The highest BCUT2D eigenvalue weighted by molar-refractivity contribution is 9.10. The van der Waals surface area contributed by atoms with Crippen LogP contribution in [0.3, 0.4) is 0 Å². The number of carbonyl (C=O) groups excluding carboxylic acids is 1. The number of nitrogens with one attached hydrogen (secondary N) is 2. The third kappa shape index (κ3) is 3.99. The zero-order chi connectivity index (χ0) is 20.6. The summed E-state index contributed by atoms with van der Waals surface area (Å²) in [5.41, 5.74) is 0.688. The van der Waals surface area contributed by atoms with E-state index >= 15 is 0 Å². The largest absolute Gasteiger partial charge is 0.378 e. The highest BCUT2D eigenvalue weighted by atomic mass is 79.9. The first-order chi connectivity index (χ1) is 13.2. The molecular formula is C20H32BrN5O2. The van der Waals surface area contributed by atoms with Crippen LogP contribution in [-0.4, -0.2) is 50.8 Å². The topological polar surface area (TPSA) is 79.0 Å². The van der Waals surface area contributed by atoms with Crippen molar-refractivity contribution >= 4 is 27.5 Å². The van der Waals surface area contributed by atoms with Crippen LogP contribution in [0.1, 0.15) is 53.9 Å². The fraction of sp³-hybridized carbons (Fsp3) is 0.750. The van der Waals surface area contributed by atoms with Gasteiger partial charge in [0.15, 0.2) is 0 Å². The number of hydrogen-bond acceptors (Lipinski definition) is 5. The van der Waals surface area contributed by atoms with Crippen LogP contribution in [0, 0.1) is 5.92 Å². The molecule has 0 spiro atoms. The van der Waals surface area contributed by atoms with E-state index in [1.165, 1.54) is 4.68 Å². The lowest BCUT2D eigenvalue weighted by molar-refractivity contribution is -0.122. The summed E-state index contributed by atoms with van der Waals surface area (Å²) in [6.07, 6.45) is 4.74. The number of rotatable bonds is 8. The number of amides is 1. The quantitative estimate of drug-likeness (QED) is 0.591. The monoisotopic (exact) mass is 453 g/mol. The predicted octanol–water partition coefficient (Wildman–Crippen LogP) is 2.59. The average molecular weight is 454 g/mol. The van der Waals surface area contributed by atoms with Gasteiger partial charge < -0.3 is 10.6 Å². The van der Waals surface area contributed by atoms with Gasteiger partial charge in [-0.15, -0.1) is 0 Å². The minimum Gasteiger partial charge on any atom is -0.378 e. The highest BCUT2D eigenvalue weighted by Gasteiger charge is 2.63. The summed E-state index contributed by atoms with van der Waals surface area (Å²) in [7, 11) is 0. The Hall–Kier alpha value is -1.41. The summed E-state index contributed by atoms with van der Waals surface area (Å²) in [5, 5.41) is 10.6. The smallest absolute Gasteiger partial charge is 0.283 e. The standard InChI is InChI=1S/C20H32BrN5O2/c1-6-13(7-2)9-22-17(27)11-25-19(28)18(21)15(10-23-25)24-14-8-16-20(4,5)26(16)12(14)3/h10,12-14,16,24H,6-9,11H2,1-5H3,(H,22,27)/t12?,14-,16+,26?/m1/s1. The van der Waals surface area contributed by atoms with Gasteiger partial charge in [-0.05, 0) is 49.0 Å². The summed E-state index contributed by atoms with van der Waals surface area (Å²) in [4.78, 5) is 27.3. The minimum absolute atomic E-state index is 0.0677. The lowest BCUT2D eigenvalue weighted by Crippen LogP contribution is -2.38. The van der Waals surface area contributed by atoms with E-state index in [2.05, 4.69) is 71.2 Å². The van der Waals surface area contributed by atoms with E-state index in [4.69, 9.17) is 0 Å². The summed E-state index contributed by atoms with van der Waals surface area (Å²) >= 11 is 3.40. The third-order valence-corrected chi connectivity index (χ3v) is 7.38. The van der Waals surface area contributed by atoms with Crippen molar-refractivity contribution in [1.29, 1.82) is 0 Å². The molecule has 2 unspecified atom stereocenters. The van der Waals surface area contributed by atoms with Crippen LogP contribution in [0.4, 0.5) is 5.69 Å². The van der Waals surface area contributed by atoms with Gasteiger partial charge in [-0.3, -0.25) is 14.5 Å². The van der Waals surface area contributed by atoms with Crippen LogP contribution in [-0.2, 0) is 11.3 Å². The fourth-order valence-corrected chi connectivity index (χ4v) is 4.95. The Bertz CT molecular complexity index is 789. The van der Waals surface area contributed by atoms with Crippen LogP contribution >= 0.6 is 15.9 Å². The summed E-state index contributed by atoms with van der Waals surface area (Å²) in [5.74, 6) is 0.279. The number of carbonyl (C=O) groups is 1. The molecule has 0 aliphatic carbocycles. The predicted molar refractivity (Wildman–Crippen MR) is 114 cm³/mol. The molecule has 7 nitrogen and oxygen atoms in total. The van der Waals surface area contributed by atoms with Crippen molar-refractivity contribution in [2.75, 3.05) is 11.9 Å². The number of halogens is 1. The number of hydrogen-bond donors (Lipinski definition) is 2. The first kappa shape index (κ1) is 21.3. The van der Waals surface area contributed by atoms with Crippen LogP contribution < -0.4 is 16.2 Å². The van der Waals surface area contributed by atoms with Crippen LogP contribution in [0.25, 0.3) is 0 Å². The molecule has 2 aliphatic heterocycles. The van der Waals surface area contributed by atoms with Crippen LogP contribution in [0.2, 0.25) is 0 Å². The van der Waals surface area contributed by atoms with Gasteiger partial charge in [0, 0.05) is 30.2 Å². The summed E-state index contributed by atoms with van der Waals surface area (Å²) in [6.45, 7) is 11.6. The maximum Gasteiger partial charge on any atom is 0.283 e. The fourth-order valence-electron chi connectivity index (χ4n) is 4.53. The molecule has 0 saturated carbocycles. The molecule has 2 aliphatic rings. The van der Waals surface area contributed by atoms with Crippen LogP contribution in [0.5, 0.6) is 0 Å². The lowest BCUT2D eigenvalue weighted by atomic mass is 9.98. The van der Waals surface area contributed by atoms with Crippen molar-refractivity contribution in [1.82, 2.24) is 20.0 Å². The molecule has 2 saturated heterocycles. The van der Waals surface area contributed by atoms with Gasteiger partial charge in [0.25, 0.3) is 5.56 Å². The molecule has 0 aromatic carbocycles. The van der Waals surface area contributed by atoms with Gasteiger partial charge in [0.2, 0.25) is 5.91 Å². The van der Waals surface area contributed by atoms with Gasteiger partial charge in [-0.25, -0.2) is 4.68 Å². The molecule has 1 aromatic heterocycles. The molecule has 28 heavy (non-hydrogen) atoms. The number of piperidine rings is 1. The molecule has 156 valence electrons. The normalized spacial score (nSPS) is 27.5.